The van der Waals surface area contributed by atoms with Gasteiger partial charge in [-0.05, 0) is 51.7 Å². The van der Waals surface area contributed by atoms with Gasteiger partial charge in [-0.3, -0.25) is 4.98 Å². The molecule has 0 saturated carbocycles. The molecular formula is C15H16BrClN2. The largest absolute Gasteiger partial charge is 0.324 e. The molecule has 1 unspecified atom stereocenters. The van der Waals surface area contributed by atoms with Crippen molar-refractivity contribution in [3.63, 3.8) is 0 Å². The van der Waals surface area contributed by atoms with E-state index in [1.165, 1.54) is 5.56 Å². The highest BCUT2D eigenvalue weighted by Gasteiger charge is 2.09. The zero-order valence-corrected chi connectivity index (χ0v) is 13.1. The van der Waals surface area contributed by atoms with Crippen molar-refractivity contribution in [3.8, 4) is 0 Å². The van der Waals surface area contributed by atoms with Crippen LogP contribution in [0.25, 0.3) is 0 Å². The summed E-state index contributed by atoms with van der Waals surface area (Å²) in [5.41, 5.74) is 9.52. The van der Waals surface area contributed by atoms with Gasteiger partial charge < -0.3 is 5.73 Å². The van der Waals surface area contributed by atoms with Gasteiger partial charge in [-0.2, -0.15) is 0 Å². The van der Waals surface area contributed by atoms with Crippen LogP contribution in [-0.4, -0.2) is 4.98 Å². The number of rotatable bonds is 4. The van der Waals surface area contributed by atoms with E-state index in [1.807, 2.05) is 30.5 Å². The number of aryl methyl sites for hydroxylation is 1. The fraction of sp³-hybridized carbons (Fsp3) is 0.267. The van der Waals surface area contributed by atoms with E-state index in [-0.39, 0.29) is 6.04 Å². The van der Waals surface area contributed by atoms with Crippen molar-refractivity contribution in [2.45, 2.75) is 25.8 Å². The summed E-state index contributed by atoms with van der Waals surface area (Å²) in [5.74, 6) is 0. The van der Waals surface area contributed by atoms with E-state index >= 15 is 0 Å². The average Bonchev–Trinajstić information content (AvgIpc) is 2.42. The molecule has 1 aromatic carbocycles. The fourth-order valence-corrected chi connectivity index (χ4v) is 2.39. The molecular weight excluding hydrogens is 324 g/mol. The zero-order chi connectivity index (χ0) is 13.8. The molecule has 1 atom stereocenters. The predicted octanol–water partition coefficient (Wildman–Crippen LogP) is 4.30. The minimum Gasteiger partial charge on any atom is -0.324 e. The topological polar surface area (TPSA) is 38.9 Å². The molecule has 0 radical (unpaired) electrons. The van der Waals surface area contributed by atoms with Crippen LogP contribution in [0.5, 0.6) is 0 Å². The minimum atomic E-state index is -0.0754. The number of halogens is 2. The van der Waals surface area contributed by atoms with Crippen molar-refractivity contribution >= 4 is 27.5 Å². The Bertz CT molecular complexity index is 555. The van der Waals surface area contributed by atoms with Gasteiger partial charge in [0.1, 0.15) is 0 Å². The van der Waals surface area contributed by atoms with Crippen LogP contribution in [0.3, 0.4) is 0 Å². The lowest BCUT2D eigenvalue weighted by atomic mass is 10.0. The highest BCUT2D eigenvalue weighted by Crippen LogP contribution is 2.26. The number of pyridine rings is 1. The molecule has 0 fully saturated rings. The van der Waals surface area contributed by atoms with Crippen molar-refractivity contribution in [1.29, 1.82) is 0 Å². The molecule has 4 heteroatoms. The van der Waals surface area contributed by atoms with E-state index < -0.39 is 0 Å². The van der Waals surface area contributed by atoms with Crippen molar-refractivity contribution in [1.82, 2.24) is 4.98 Å². The molecule has 2 N–H and O–H groups in total. The van der Waals surface area contributed by atoms with Crippen LogP contribution in [0.2, 0.25) is 5.02 Å². The summed E-state index contributed by atoms with van der Waals surface area (Å²) in [6.45, 7) is 2.12. The molecule has 0 aliphatic heterocycles. The van der Waals surface area contributed by atoms with Gasteiger partial charge >= 0.3 is 0 Å². The molecule has 19 heavy (non-hydrogen) atoms. The first-order valence-corrected chi connectivity index (χ1v) is 7.41. The molecule has 0 bridgehead atoms. The number of hydrogen-bond donors (Lipinski definition) is 1. The summed E-state index contributed by atoms with van der Waals surface area (Å²) < 4.78 is 0.872. The van der Waals surface area contributed by atoms with Crippen LogP contribution in [0, 0.1) is 0 Å². The third kappa shape index (κ3) is 3.78. The van der Waals surface area contributed by atoms with Gasteiger partial charge in [0.2, 0.25) is 0 Å². The van der Waals surface area contributed by atoms with Crippen molar-refractivity contribution in [2.75, 3.05) is 0 Å². The Balaban J connectivity index is 2.10. The Labute approximate surface area is 127 Å². The molecule has 0 spiro atoms. The molecule has 2 rings (SSSR count). The van der Waals surface area contributed by atoms with E-state index in [2.05, 4.69) is 33.9 Å². The lowest BCUT2D eigenvalue weighted by Crippen LogP contribution is -2.14. The molecule has 2 nitrogen and oxygen atoms in total. The summed E-state index contributed by atoms with van der Waals surface area (Å²) in [4.78, 5) is 4.44. The van der Waals surface area contributed by atoms with Crippen LogP contribution < -0.4 is 5.73 Å². The summed E-state index contributed by atoms with van der Waals surface area (Å²) >= 11 is 9.39. The summed E-state index contributed by atoms with van der Waals surface area (Å²) in [7, 11) is 0. The molecule has 0 aliphatic rings. The van der Waals surface area contributed by atoms with E-state index in [0.29, 0.717) is 5.02 Å². The lowest BCUT2D eigenvalue weighted by Gasteiger charge is -2.12. The smallest absolute Gasteiger partial charge is 0.0548 e. The first-order chi connectivity index (χ1) is 9.10. The molecule has 0 saturated heterocycles. The van der Waals surface area contributed by atoms with Crippen molar-refractivity contribution in [3.05, 3.63) is 62.8 Å². The number of nitrogens with two attached hydrogens (primary N) is 1. The third-order valence-corrected chi connectivity index (χ3v) is 4.31. The first-order valence-electron chi connectivity index (χ1n) is 6.24. The molecule has 1 aromatic heterocycles. The van der Waals surface area contributed by atoms with Gasteiger partial charge in [-0.15, -0.1) is 0 Å². The molecule has 2 aromatic rings. The maximum atomic E-state index is 6.21. The quantitative estimate of drug-likeness (QED) is 0.902. The standard InChI is InChI=1S/C15H16BrClN2/c1-2-10-3-5-12(19-9-10)8-15(18)11-4-6-14(17)13(16)7-11/h3-7,9,15H,2,8,18H2,1H3. The Morgan fingerprint density at radius 1 is 1.32 bits per heavy atom. The highest BCUT2D eigenvalue weighted by atomic mass is 79.9. The molecule has 0 aliphatic carbocycles. The summed E-state index contributed by atoms with van der Waals surface area (Å²) in [6, 6.07) is 9.85. The van der Waals surface area contributed by atoms with E-state index in [9.17, 15) is 0 Å². The van der Waals surface area contributed by atoms with Gasteiger partial charge in [-0.25, -0.2) is 0 Å². The first kappa shape index (κ1) is 14.5. The predicted molar refractivity (Wildman–Crippen MR) is 83.4 cm³/mol. The van der Waals surface area contributed by atoms with Crippen molar-refractivity contribution in [2.24, 2.45) is 5.73 Å². The van der Waals surface area contributed by atoms with Crippen LogP contribution in [0.4, 0.5) is 0 Å². The van der Waals surface area contributed by atoms with Crippen LogP contribution >= 0.6 is 27.5 Å². The molecule has 0 amide bonds. The SMILES string of the molecule is CCc1ccc(CC(N)c2ccc(Cl)c(Br)c2)nc1. The Hall–Kier alpha value is -0.900. The second kappa shape index (κ2) is 6.51. The second-order valence-electron chi connectivity index (χ2n) is 4.50. The number of nitrogens with zero attached hydrogens (tertiary/aromatic N) is 1. The van der Waals surface area contributed by atoms with Gasteiger partial charge in [-0.1, -0.05) is 30.7 Å². The maximum Gasteiger partial charge on any atom is 0.0548 e. The molecule has 100 valence electrons. The van der Waals surface area contributed by atoms with Gasteiger partial charge in [0.15, 0.2) is 0 Å². The minimum absolute atomic E-state index is 0.0754. The third-order valence-electron chi connectivity index (χ3n) is 3.10. The Morgan fingerprint density at radius 3 is 2.68 bits per heavy atom. The van der Waals surface area contributed by atoms with E-state index in [0.717, 1.165) is 28.6 Å². The summed E-state index contributed by atoms with van der Waals surface area (Å²) in [5, 5.41) is 0.696. The van der Waals surface area contributed by atoms with E-state index in [4.69, 9.17) is 17.3 Å². The monoisotopic (exact) mass is 338 g/mol. The zero-order valence-electron chi connectivity index (χ0n) is 10.7. The van der Waals surface area contributed by atoms with Crippen LogP contribution in [-0.2, 0) is 12.8 Å². The fourth-order valence-electron chi connectivity index (χ4n) is 1.87. The van der Waals surface area contributed by atoms with Crippen LogP contribution in [0.1, 0.15) is 29.8 Å². The normalized spacial score (nSPS) is 12.4. The lowest BCUT2D eigenvalue weighted by molar-refractivity contribution is 0.705. The maximum absolute atomic E-state index is 6.21. The summed E-state index contributed by atoms with van der Waals surface area (Å²) in [6.07, 6.45) is 3.64. The number of benzene rings is 1. The van der Waals surface area contributed by atoms with Crippen LogP contribution in [0.15, 0.2) is 41.0 Å². The van der Waals surface area contributed by atoms with Gasteiger partial charge in [0.25, 0.3) is 0 Å². The number of aromatic nitrogens is 1. The second-order valence-corrected chi connectivity index (χ2v) is 5.76. The molecule has 1 heterocycles. The number of hydrogen-bond acceptors (Lipinski definition) is 2. The average molecular weight is 340 g/mol. The highest BCUT2D eigenvalue weighted by molar-refractivity contribution is 9.10. The van der Waals surface area contributed by atoms with E-state index in [1.54, 1.807) is 0 Å². The van der Waals surface area contributed by atoms with Crippen molar-refractivity contribution < 1.29 is 0 Å². The van der Waals surface area contributed by atoms with Gasteiger partial charge in [0, 0.05) is 28.8 Å². The Morgan fingerprint density at radius 2 is 2.11 bits per heavy atom. The van der Waals surface area contributed by atoms with Gasteiger partial charge in [0.05, 0.1) is 5.02 Å². The Kier molecular flexibility index (Phi) is 4.97.